The quantitative estimate of drug-likeness (QED) is 0.296. The summed E-state index contributed by atoms with van der Waals surface area (Å²) in [6, 6.07) is 8.70. The summed E-state index contributed by atoms with van der Waals surface area (Å²) in [5.74, 6) is -3.75. The summed E-state index contributed by atoms with van der Waals surface area (Å²) < 4.78 is 62.1. The number of aryl methyl sites for hydroxylation is 2. The zero-order valence-electron chi connectivity index (χ0n) is 19.4. The van der Waals surface area contributed by atoms with E-state index in [9.17, 15) is 26.7 Å². The topological polar surface area (TPSA) is 116 Å². The van der Waals surface area contributed by atoms with E-state index in [1.54, 1.807) is 6.20 Å². The molecule has 0 radical (unpaired) electrons. The van der Waals surface area contributed by atoms with Crippen LogP contribution in [0.2, 0.25) is 0 Å². The Balaban J connectivity index is 0.000000479. The highest BCUT2D eigenvalue weighted by Crippen LogP contribution is 2.24. The predicted molar refractivity (Wildman–Crippen MR) is 122 cm³/mol. The number of alkyl halides is 3. The molecule has 0 amide bonds. The van der Waals surface area contributed by atoms with Gasteiger partial charge in [-0.3, -0.25) is 4.79 Å². The van der Waals surface area contributed by atoms with Gasteiger partial charge in [0, 0.05) is 30.6 Å². The van der Waals surface area contributed by atoms with Gasteiger partial charge in [-0.25, -0.2) is 23.2 Å². The van der Waals surface area contributed by atoms with Gasteiger partial charge in [-0.15, -0.1) is 0 Å². The monoisotopic (exact) mass is 521 g/mol. The first-order chi connectivity index (χ1) is 17.3. The number of benzene rings is 2. The Morgan fingerprint density at radius 3 is 2.30 bits per heavy atom. The van der Waals surface area contributed by atoms with E-state index in [2.05, 4.69) is 10.1 Å². The first kappa shape index (κ1) is 27.0. The largest absolute Gasteiger partial charge is 0.490 e. The summed E-state index contributed by atoms with van der Waals surface area (Å²) in [7, 11) is 0. The molecular formula is C24H20F5N5O3. The maximum atomic E-state index is 14.1. The van der Waals surface area contributed by atoms with Crippen molar-refractivity contribution < 1.29 is 36.6 Å². The first-order valence-electron chi connectivity index (χ1n) is 10.5. The lowest BCUT2D eigenvalue weighted by atomic mass is 9.98. The summed E-state index contributed by atoms with van der Waals surface area (Å²) >= 11 is 0. The molecule has 2 heterocycles. The van der Waals surface area contributed by atoms with E-state index >= 15 is 0 Å². The number of aromatic nitrogens is 4. The molecule has 0 saturated carbocycles. The van der Waals surface area contributed by atoms with E-state index < -0.39 is 23.8 Å². The van der Waals surface area contributed by atoms with Crippen LogP contribution < -0.4 is 5.73 Å². The molecule has 2 aromatic heterocycles. The molecule has 0 atom stereocenters. The van der Waals surface area contributed by atoms with Crippen molar-refractivity contribution in [3.8, 4) is 5.69 Å². The van der Waals surface area contributed by atoms with E-state index in [4.69, 9.17) is 15.6 Å². The fourth-order valence-electron chi connectivity index (χ4n) is 3.30. The molecule has 8 nitrogen and oxygen atoms in total. The third kappa shape index (κ3) is 6.18. The van der Waals surface area contributed by atoms with Gasteiger partial charge in [-0.2, -0.15) is 18.3 Å². The van der Waals surface area contributed by atoms with E-state index in [0.717, 1.165) is 33.8 Å². The second kappa shape index (κ2) is 10.6. The molecule has 2 aromatic carbocycles. The molecule has 194 valence electrons. The number of carbonyl (C=O) groups excluding carboxylic acids is 1. The lowest BCUT2D eigenvalue weighted by Gasteiger charge is -2.10. The molecule has 0 unspecified atom stereocenters. The maximum Gasteiger partial charge on any atom is 0.490 e. The van der Waals surface area contributed by atoms with Crippen molar-refractivity contribution >= 4 is 17.6 Å². The number of ketones is 1. The van der Waals surface area contributed by atoms with E-state index in [1.165, 1.54) is 12.3 Å². The highest BCUT2D eigenvalue weighted by atomic mass is 19.4. The van der Waals surface area contributed by atoms with Crippen LogP contribution in [0.15, 0.2) is 55.0 Å². The number of hydrogen-bond donors (Lipinski definition) is 2. The van der Waals surface area contributed by atoms with Crippen LogP contribution in [0.25, 0.3) is 5.69 Å². The number of carboxylic acid groups (broad SMARTS) is 1. The number of nitrogen functional groups attached to an aromatic ring is 1. The Morgan fingerprint density at radius 1 is 1.05 bits per heavy atom. The third-order valence-corrected chi connectivity index (χ3v) is 5.25. The van der Waals surface area contributed by atoms with Gasteiger partial charge in [0.1, 0.15) is 23.1 Å². The lowest BCUT2D eigenvalue weighted by Crippen LogP contribution is -2.21. The van der Waals surface area contributed by atoms with Gasteiger partial charge in [0.25, 0.3) is 0 Å². The number of carbonyl (C=O) groups is 2. The lowest BCUT2D eigenvalue weighted by molar-refractivity contribution is -0.192. The average Bonchev–Trinajstić information content (AvgIpc) is 3.39. The van der Waals surface area contributed by atoms with Crippen molar-refractivity contribution in [1.82, 2.24) is 19.3 Å². The van der Waals surface area contributed by atoms with Crippen molar-refractivity contribution in [2.24, 2.45) is 0 Å². The molecule has 37 heavy (non-hydrogen) atoms. The van der Waals surface area contributed by atoms with Crippen molar-refractivity contribution in [3.05, 3.63) is 94.7 Å². The molecule has 0 aliphatic rings. The Bertz CT molecular complexity index is 1460. The van der Waals surface area contributed by atoms with Crippen molar-refractivity contribution in [2.75, 3.05) is 5.73 Å². The van der Waals surface area contributed by atoms with Crippen molar-refractivity contribution in [3.63, 3.8) is 0 Å². The van der Waals surface area contributed by atoms with Gasteiger partial charge in [-0.05, 0) is 43.2 Å². The summed E-state index contributed by atoms with van der Waals surface area (Å²) in [5.41, 5.74) is 8.42. The number of aliphatic carboxylic acids is 1. The molecule has 3 N–H and O–H groups in total. The van der Waals surface area contributed by atoms with Gasteiger partial charge in [0.05, 0.1) is 11.8 Å². The minimum absolute atomic E-state index is 0.0132. The summed E-state index contributed by atoms with van der Waals surface area (Å²) in [5, 5.41) is 11.2. The maximum absolute atomic E-state index is 14.1. The standard InChI is InChI=1S/C22H19F2N5O.C2HF3O2/c1-13-3-4-15(12-28-8-7-26-14(28)2)9-17(13)21(30)18-11-27-29(22(18)25)20-6-5-16(23)10-19(20)24;3-2(4,5)1(6)7/h3-11H,12,25H2,1-2H3;(H,6,7). The number of carboxylic acids is 1. The summed E-state index contributed by atoms with van der Waals surface area (Å²) in [4.78, 5) is 26.3. The van der Waals surface area contributed by atoms with Crippen LogP contribution in [-0.2, 0) is 11.3 Å². The van der Waals surface area contributed by atoms with Gasteiger partial charge in [-0.1, -0.05) is 12.1 Å². The van der Waals surface area contributed by atoms with Gasteiger partial charge >= 0.3 is 12.1 Å². The normalized spacial score (nSPS) is 11.1. The van der Waals surface area contributed by atoms with Crippen molar-refractivity contribution in [1.29, 1.82) is 0 Å². The number of anilines is 1. The molecule has 4 aromatic rings. The minimum atomic E-state index is -5.08. The molecule has 0 spiro atoms. The molecule has 4 rings (SSSR count). The van der Waals surface area contributed by atoms with Crippen LogP contribution in [-0.4, -0.2) is 42.4 Å². The number of nitrogens with zero attached hydrogens (tertiary/aromatic N) is 4. The van der Waals surface area contributed by atoms with Crippen LogP contribution in [0.5, 0.6) is 0 Å². The zero-order chi connectivity index (χ0) is 27.5. The second-order valence-electron chi connectivity index (χ2n) is 7.83. The third-order valence-electron chi connectivity index (χ3n) is 5.25. The SMILES string of the molecule is Cc1ccc(Cn2ccnc2C)cc1C(=O)c1cnn(-c2ccc(F)cc2F)c1N.O=C(O)C(F)(F)F. The number of nitrogens with two attached hydrogens (primary N) is 1. The fourth-order valence-corrected chi connectivity index (χ4v) is 3.30. The summed E-state index contributed by atoms with van der Waals surface area (Å²) in [6.07, 6.45) is -0.193. The smallest absolute Gasteiger partial charge is 0.475 e. The highest BCUT2D eigenvalue weighted by molar-refractivity contribution is 6.12. The van der Waals surface area contributed by atoms with Gasteiger partial charge in [0.15, 0.2) is 11.6 Å². The molecule has 0 fully saturated rings. The number of imidazole rings is 1. The van der Waals surface area contributed by atoms with E-state index in [1.807, 2.05) is 42.8 Å². The zero-order valence-corrected chi connectivity index (χ0v) is 19.4. The van der Waals surface area contributed by atoms with Crippen LogP contribution >= 0.6 is 0 Å². The minimum Gasteiger partial charge on any atom is -0.475 e. The molecule has 0 saturated heterocycles. The molecule has 0 aliphatic carbocycles. The van der Waals surface area contributed by atoms with Crippen LogP contribution in [0.4, 0.5) is 27.8 Å². The average molecular weight is 521 g/mol. The number of hydrogen-bond acceptors (Lipinski definition) is 5. The first-order valence-corrected chi connectivity index (χ1v) is 10.5. The molecular weight excluding hydrogens is 501 g/mol. The van der Waals surface area contributed by atoms with Crippen molar-refractivity contribution in [2.45, 2.75) is 26.6 Å². The fraction of sp³-hybridized carbons (Fsp3) is 0.167. The predicted octanol–water partition coefficient (Wildman–Crippen LogP) is 4.46. The Morgan fingerprint density at radius 2 is 1.73 bits per heavy atom. The Kier molecular flexibility index (Phi) is 7.75. The van der Waals surface area contributed by atoms with Gasteiger partial charge in [0.2, 0.25) is 0 Å². The Labute approximate surface area is 206 Å². The second-order valence-corrected chi connectivity index (χ2v) is 7.83. The Hall–Kier alpha value is -4.55. The van der Waals surface area contributed by atoms with E-state index in [0.29, 0.717) is 12.1 Å². The summed E-state index contributed by atoms with van der Waals surface area (Å²) in [6.45, 7) is 4.31. The molecule has 13 heteroatoms. The van der Waals surface area contributed by atoms with Gasteiger partial charge < -0.3 is 15.4 Å². The van der Waals surface area contributed by atoms with E-state index in [-0.39, 0.29) is 22.9 Å². The number of halogens is 5. The highest BCUT2D eigenvalue weighted by Gasteiger charge is 2.38. The van der Waals surface area contributed by atoms with Crippen LogP contribution in [0.1, 0.15) is 32.9 Å². The molecule has 0 aliphatic heterocycles. The van der Waals surface area contributed by atoms with Crippen LogP contribution in [0, 0.1) is 25.5 Å². The number of rotatable bonds is 5. The molecule has 0 bridgehead atoms. The van der Waals surface area contributed by atoms with Crippen LogP contribution in [0.3, 0.4) is 0 Å².